The van der Waals surface area contributed by atoms with Gasteiger partial charge in [-0.2, -0.15) is 0 Å². The lowest BCUT2D eigenvalue weighted by Gasteiger charge is -2.28. The molecule has 0 aromatic rings. The molecule has 30 heavy (non-hydrogen) atoms. The first-order chi connectivity index (χ1) is 14.2. The Labute approximate surface area is 211 Å². The smallest absolute Gasteiger partial charge is 0.0594 e. The van der Waals surface area contributed by atoms with Crippen LogP contribution in [0.3, 0.4) is 0 Å². The van der Waals surface area contributed by atoms with Gasteiger partial charge >= 0.3 is 0 Å². The van der Waals surface area contributed by atoms with E-state index < -0.39 is 7.26 Å². The minimum absolute atomic E-state index is 0. The van der Waals surface area contributed by atoms with Crippen molar-refractivity contribution in [2.45, 2.75) is 156 Å². The number of hydrogen-bond acceptors (Lipinski definition) is 0. The Balaban J connectivity index is 0. The van der Waals surface area contributed by atoms with Crippen molar-refractivity contribution >= 4 is 7.26 Å². The van der Waals surface area contributed by atoms with Crippen LogP contribution in [0.1, 0.15) is 156 Å². The van der Waals surface area contributed by atoms with Gasteiger partial charge in [0.05, 0.1) is 24.6 Å². The van der Waals surface area contributed by atoms with Gasteiger partial charge in [-0.05, 0) is 51.4 Å². The third-order valence-corrected chi connectivity index (χ3v) is 12.0. The minimum Gasteiger partial charge on any atom is -1.00 e. The van der Waals surface area contributed by atoms with Gasteiger partial charge < -0.3 is 24.0 Å². The maximum atomic E-state index is 2.36. The van der Waals surface area contributed by atoms with Crippen molar-refractivity contribution in [1.82, 2.24) is 0 Å². The quantitative estimate of drug-likeness (QED) is 0.0647. The number of unbranched alkanes of at least 4 members (excludes halogenated alkanes) is 16. The molecule has 0 saturated carbocycles. The second kappa shape index (κ2) is 26.4. The van der Waals surface area contributed by atoms with Crippen molar-refractivity contribution in [3.8, 4) is 0 Å². The molecule has 0 fully saturated rings. The van der Waals surface area contributed by atoms with Crippen LogP contribution in [0.25, 0.3) is 0 Å². The summed E-state index contributed by atoms with van der Waals surface area (Å²) < 4.78 is 0. The van der Waals surface area contributed by atoms with E-state index in [9.17, 15) is 0 Å². The van der Waals surface area contributed by atoms with Crippen LogP contribution < -0.4 is 24.0 Å². The predicted molar refractivity (Wildman–Crippen MR) is 141 cm³/mol. The number of rotatable bonds is 24. The van der Waals surface area contributed by atoms with Gasteiger partial charge in [0.15, 0.2) is 0 Å². The molecule has 0 rings (SSSR count). The number of halogens is 1. The van der Waals surface area contributed by atoms with E-state index in [4.69, 9.17) is 0 Å². The highest BCUT2D eigenvalue weighted by atomic mass is 127. The Morgan fingerprint density at radius 3 is 0.767 bits per heavy atom. The summed E-state index contributed by atoms with van der Waals surface area (Å²) in [6, 6.07) is 0. The fourth-order valence-corrected chi connectivity index (χ4v) is 9.79. The van der Waals surface area contributed by atoms with Crippen molar-refractivity contribution in [1.29, 1.82) is 0 Å². The highest BCUT2D eigenvalue weighted by molar-refractivity contribution is 7.75. The van der Waals surface area contributed by atoms with E-state index in [2.05, 4.69) is 27.7 Å². The summed E-state index contributed by atoms with van der Waals surface area (Å²) in [6.45, 7) is 9.40. The molecule has 0 spiro atoms. The molecule has 0 saturated heterocycles. The maximum Gasteiger partial charge on any atom is 0.0594 e. The molecule has 0 atom stereocenters. The highest BCUT2D eigenvalue weighted by Crippen LogP contribution is 2.61. The fraction of sp³-hybridized carbons (Fsp3) is 1.00. The molecule has 0 aromatic heterocycles. The van der Waals surface area contributed by atoms with Crippen molar-refractivity contribution < 1.29 is 24.0 Å². The molecule has 0 aliphatic carbocycles. The second-order valence-corrected chi connectivity index (χ2v) is 14.4. The molecule has 0 aliphatic heterocycles. The number of hydrogen-bond donors (Lipinski definition) is 0. The van der Waals surface area contributed by atoms with Gasteiger partial charge in [0.2, 0.25) is 0 Å². The molecule has 0 nitrogen and oxygen atoms in total. The molecule has 0 bridgehead atoms. The zero-order valence-corrected chi connectivity index (χ0v) is 24.8. The fourth-order valence-electron chi connectivity index (χ4n) is 4.87. The Bertz CT molecular complexity index is 274. The molecule has 2 heteroatoms. The van der Waals surface area contributed by atoms with Gasteiger partial charge in [-0.15, -0.1) is 0 Å². The van der Waals surface area contributed by atoms with Crippen LogP contribution >= 0.6 is 7.26 Å². The Morgan fingerprint density at radius 1 is 0.300 bits per heavy atom. The minimum atomic E-state index is -0.683. The summed E-state index contributed by atoms with van der Waals surface area (Å²) in [7, 11) is -0.683. The van der Waals surface area contributed by atoms with Crippen molar-refractivity contribution in [3.05, 3.63) is 0 Å². The monoisotopic (exact) mass is 554 g/mol. The van der Waals surface area contributed by atoms with E-state index in [-0.39, 0.29) is 24.0 Å². The van der Waals surface area contributed by atoms with Gasteiger partial charge in [0.25, 0.3) is 0 Å². The summed E-state index contributed by atoms with van der Waals surface area (Å²) in [6.07, 6.45) is 36.1. The third-order valence-electron chi connectivity index (χ3n) is 6.94. The van der Waals surface area contributed by atoms with Crippen LogP contribution in [-0.4, -0.2) is 24.6 Å². The third kappa shape index (κ3) is 21.0. The molecule has 0 aliphatic rings. The molecule has 0 unspecified atom stereocenters. The Morgan fingerprint density at radius 2 is 0.500 bits per heavy atom. The van der Waals surface area contributed by atoms with Crippen LogP contribution in [0.15, 0.2) is 0 Å². The molecular weight excluding hydrogens is 494 g/mol. The van der Waals surface area contributed by atoms with E-state index >= 15 is 0 Å². The summed E-state index contributed by atoms with van der Waals surface area (Å²) in [5, 5.41) is 0. The lowest BCUT2D eigenvalue weighted by Crippen LogP contribution is -3.00. The van der Waals surface area contributed by atoms with E-state index in [1.165, 1.54) is 103 Å². The maximum absolute atomic E-state index is 2.36. The van der Waals surface area contributed by atoms with Crippen LogP contribution in [0.4, 0.5) is 0 Å². The van der Waals surface area contributed by atoms with E-state index in [1.807, 2.05) is 0 Å². The zero-order chi connectivity index (χ0) is 21.5. The second-order valence-electron chi connectivity index (χ2n) is 9.89. The van der Waals surface area contributed by atoms with Crippen molar-refractivity contribution in [2.75, 3.05) is 24.6 Å². The van der Waals surface area contributed by atoms with Gasteiger partial charge in [-0.3, -0.25) is 0 Å². The Hall–Kier alpha value is 1.16. The highest BCUT2D eigenvalue weighted by Gasteiger charge is 2.34. The van der Waals surface area contributed by atoms with Gasteiger partial charge in [-0.25, -0.2) is 0 Å². The molecule has 0 radical (unpaired) electrons. The molecular formula is C28H60IP. The van der Waals surface area contributed by atoms with Crippen molar-refractivity contribution in [2.24, 2.45) is 0 Å². The molecule has 184 valence electrons. The van der Waals surface area contributed by atoms with Crippen LogP contribution in [-0.2, 0) is 0 Å². The first-order valence-corrected chi connectivity index (χ1v) is 16.6. The zero-order valence-electron chi connectivity index (χ0n) is 21.8. The first-order valence-electron chi connectivity index (χ1n) is 14.1. The molecule has 0 heterocycles. The summed E-state index contributed by atoms with van der Waals surface area (Å²) >= 11 is 0. The standard InChI is InChI=1S/C28H60P.HI/c1-5-9-13-17-18-19-20-24-28-29(25-21-14-10-6-2,26-22-15-11-7-3)27-23-16-12-8-4;/h5-28H2,1-4H3;1H/q+1;/p-1. The molecule has 0 amide bonds. The summed E-state index contributed by atoms with van der Waals surface area (Å²) in [5.41, 5.74) is 0. The normalized spacial score (nSPS) is 11.6. The SMILES string of the molecule is CCCCCCCCCC[P+](CCCCCC)(CCCCCC)CCCCCC.[I-]. The van der Waals surface area contributed by atoms with E-state index in [0.717, 1.165) is 0 Å². The van der Waals surface area contributed by atoms with E-state index in [1.54, 1.807) is 50.3 Å². The van der Waals surface area contributed by atoms with Crippen LogP contribution in [0.5, 0.6) is 0 Å². The molecule has 0 N–H and O–H groups in total. The lowest BCUT2D eigenvalue weighted by molar-refractivity contribution is -0.00000667. The van der Waals surface area contributed by atoms with Crippen LogP contribution in [0, 0.1) is 0 Å². The summed E-state index contributed by atoms with van der Waals surface area (Å²) in [4.78, 5) is 0. The van der Waals surface area contributed by atoms with Crippen LogP contribution in [0.2, 0.25) is 0 Å². The average molecular weight is 555 g/mol. The van der Waals surface area contributed by atoms with Gasteiger partial charge in [0, 0.05) is 7.26 Å². The summed E-state index contributed by atoms with van der Waals surface area (Å²) in [5.74, 6) is 0. The van der Waals surface area contributed by atoms with Gasteiger partial charge in [-0.1, -0.05) is 105 Å². The lowest BCUT2D eigenvalue weighted by atomic mass is 10.1. The van der Waals surface area contributed by atoms with Crippen molar-refractivity contribution in [3.63, 3.8) is 0 Å². The predicted octanol–water partition coefficient (Wildman–Crippen LogP) is 7.89. The van der Waals surface area contributed by atoms with Gasteiger partial charge in [0.1, 0.15) is 0 Å². The first kappa shape index (κ1) is 33.3. The topological polar surface area (TPSA) is 0 Å². The Kier molecular flexibility index (Phi) is 29.3. The molecule has 0 aromatic carbocycles. The average Bonchev–Trinajstić information content (AvgIpc) is 2.73. The largest absolute Gasteiger partial charge is 1.00 e. The van der Waals surface area contributed by atoms with E-state index in [0.29, 0.717) is 0 Å².